The van der Waals surface area contributed by atoms with Gasteiger partial charge in [0.15, 0.2) is 0 Å². The molecule has 1 fully saturated rings. The predicted molar refractivity (Wildman–Crippen MR) is 137 cm³/mol. The van der Waals surface area contributed by atoms with E-state index in [0.717, 1.165) is 68.5 Å². The number of nitrogens with zero attached hydrogens (tertiary/aromatic N) is 2. The molecule has 1 saturated heterocycles. The molecule has 3 aromatic rings. The second-order valence-corrected chi connectivity index (χ2v) is 8.88. The summed E-state index contributed by atoms with van der Waals surface area (Å²) in [6.07, 6.45) is 2.14. The van der Waals surface area contributed by atoms with Crippen LogP contribution in [0.5, 0.6) is 5.75 Å². The highest BCUT2D eigenvalue weighted by atomic mass is 35.5. The van der Waals surface area contributed by atoms with E-state index in [0.29, 0.717) is 0 Å². The first-order chi connectivity index (χ1) is 16.2. The Morgan fingerprint density at radius 2 is 1.45 bits per heavy atom. The molecule has 0 aromatic heterocycles. The van der Waals surface area contributed by atoms with Gasteiger partial charge in [0.25, 0.3) is 0 Å². The molecule has 0 N–H and O–H groups in total. The molecule has 1 aliphatic heterocycles. The van der Waals surface area contributed by atoms with Crippen molar-refractivity contribution < 1.29 is 9.47 Å². The first-order valence-electron chi connectivity index (χ1n) is 11.8. The number of hydrogen-bond donors (Lipinski definition) is 0. The van der Waals surface area contributed by atoms with Crippen molar-refractivity contribution in [3.63, 3.8) is 0 Å². The maximum absolute atomic E-state index is 6.36. The standard InChI is InChI=1S/C28H33ClN2O2/c1-32-27-15-13-26(14-16-27)31-20-18-30(19-21-31)17-5-6-22-33-28(23-7-3-2-4-8-23)24-9-11-25(29)12-10-24/h2-4,7-16,28H,5-6,17-22H2,1H3. The van der Waals surface area contributed by atoms with Crippen LogP contribution < -0.4 is 9.64 Å². The molecule has 33 heavy (non-hydrogen) atoms. The van der Waals surface area contributed by atoms with Gasteiger partial charge in [-0.3, -0.25) is 4.90 Å². The Labute approximate surface area is 202 Å². The summed E-state index contributed by atoms with van der Waals surface area (Å²) in [5.74, 6) is 0.908. The molecule has 0 amide bonds. The van der Waals surface area contributed by atoms with E-state index in [1.54, 1.807) is 7.11 Å². The Morgan fingerprint density at radius 3 is 2.12 bits per heavy atom. The molecule has 1 unspecified atom stereocenters. The van der Waals surface area contributed by atoms with E-state index in [9.17, 15) is 0 Å². The molecule has 4 nitrogen and oxygen atoms in total. The van der Waals surface area contributed by atoms with Gasteiger partial charge in [0.05, 0.1) is 7.11 Å². The Balaban J connectivity index is 1.20. The van der Waals surface area contributed by atoms with E-state index in [4.69, 9.17) is 21.1 Å². The number of methoxy groups -OCH3 is 1. The zero-order valence-electron chi connectivity index (χ0n) is 19.3. The molecule has 0 spiro atoms. The molecular weight excluding hydrogens is 432 g/mol. The van der Waals surface area contributed by atoms with Gasteiger partial charge in [-0.25, -0.2) is 0 Å². The van der Waals surface area contributed by atoms with E-state index in [1.807, 2.05) is 30.3 Å². The van der Waals surface area contributed by atoms with Crippen LogP contribution in [0.2, 0.25) is 5.02 Å². The summed E-state index contributed by atoms with van der Waals surface area (Å²) < 4.78 is 11.6. The molecule has 5 heteroatoms. The number of halogens is 1. The Morgan fingerprint density at radius 1 is 0.788 bits per heavy atom. The molecule has 1 heterocycles. The van der Waals surface area contributed by atoms with E-state index in [1.165, 1.54) is 11.3 Å². The van der Waals surface area contributed by atoms with Gasteiger partial charge < -0.3 is 14.4 Å². The molecular formula is C28H33ClN2O2. The lowest BCUT2D eigenvalue weighted by Gasteiger charge is -2.36. The Kier molecular flexibility index (Phi) is 8.65. The molecule has 1 aliphatic rings. The average molecular weight is 465 g/mol. The quantitative estimate of drug-likeness (QED) is 0.340. The largest absolute Gasteiger partial charge is 0.497 e. The molecule has 0 saturated carbocycles. The van der Waals surface area contributed by atoms with Crippen LogP contribution in [0.3, 0.4) is 0 Å². The van der Waals surface area contributed by atoms with E-state index in [-0.39, 0.29) is 6.10 Å². The van der Waals surface area contributed by atoms with Crippen LogP contribution >= 0.6 is 11.6 Å². The van der Waals surface area contributed by atoms with Crippen LogP contribution in [0.1, 0.15) is 30.1 Å². The number of piperazine rings is 1. The molecule has 1 atom stereocenters. The van der Waals surface area contributed by atoms with Crippen molar-refractivity contribution in [3.8, 4) is 5.75 Å². The lowest BCUT2D eigenvalue weighted by atomic mass is 10.0. The fourth-order valence-electron chi connectivity index (χ4n) is 4.31. The van der Waals surface area contributed by atoms with Gasteiger partial charge in [0.1, 0.15) is 11.9 Å². The highest BCUT2D eigenvalue weighted by Gasteiger charge is 2.18. The van der Waals surface area contributed by atoms with Crippen LogP contribution in [0.25, 0.3) is 0 Å². The number of unbranched alkanes of at least 4 members (excludes halogenated alkanes) is 1. The number of benzene rings is 3. The second kappa shape index (κ2) is 12.1. The van der Waals surface area contributed by atoms with Gasteiger partial charge in [-0.2, -0.15) is 0 Å². The van der Waals surface area contributed by atoms with Crippen LogP contribution in [0.4, 0.5) is 5.69 Å². The van der Waals surface area contributed by atoms with Crippen LogP contribution in [0, 0.1) is 0 Å². The first kappa shape index (κ1) is 23.6. The van der Waals surface area contributed by atoms with Crippen LogP contribution in [0.15, 0.2) is 78.9 Å². The highest BCUT2D eigenvalue weighted by Crippen LogP contribution is 2.27. The van der Waals surface area contributed by atoms with Crippen molar-refractivity contribution in [2.24, 2.45) is 0 Å². The summed E-state index contributed by atoms with van der Waals surface area (Å²) in [5, 5.41) is 0.748. The molecule has 174 valence electrons. The van der Waals surface area contributed by atoms with E-state index in [2.05, 4.69) is 58.3 Å². The third-order valence-electron chi connectivity index (χ3n) is 6.24. The maximum Gasteiger partial charge on any atom is 0.119 e. The molecule has 3 aromatic carbocycles. The van der Waals surface area contributed by atoms with Crippen LogP contribution in [-0.4, -0.2) is 51.3 Å². The number of anilines is 1. The zero-order valence-corrected chi connectivity index (χ0v) is 20.1. The second-order valence-electron chi connectivity index (χ2n) is 8.45. The third kappa shape index (κ3) is 6.73. The van der Waals surface area contributed by atoms with Crippen molar-refractivity contribution in [1.29, 1.82) is 0 Å². The Hall–Kier alpha value is -2.53. The summed E-state index contributed by atoms with van der Waals surface area (Å²) in [7, 11) is 1.71. The topological polar surface area (TPSA) is 24.9 Å². The van der Waals surface area contributed by atoms with Crippen molar-refractivity contribution in [2.45, 2.75) is 18.9 Å². The zero-order chi connectivity index (χ0) is 22.9. The smallest absolute Gasteiger partial charge is 0.119 e. The summed E-state index contributed by atoms with van der Waals surface area (Å²) >= 11 is 6.08. The predicted octanol–water partition coefficient (Wildman–Crippen LogP) is 6.06. The molecule has 4 rings (SSSR count). The SMILES string of the molecule is COc1ccc(N2CCN(CCCCOC(c3ccccc3)c3ccc(Cl)cc3)CC2)cc1. The lowest BCUT2D eigenvalue weighted by molar-refractivity contribution is 0.0751. The fourth-order valence-corrected chi connectivity index (χ4v) is 4.44. The minimum atomic E-state index is -0.0588. The molecule has 0 bridgehead atoms. The first-order valence-corrected chi connectivity index (χ1v) is 12.1. The summed E-state index contributed by atoms with van der Waals surface area (Å²) in [5.41, 5.74) is 3.59. The monoisotopic (exact) mass is 464 g/mol. The van der Waals surface area contributed by atoms with Crippen molar-refractivity contribution in [3.05, 3.63) is 95.0 Å². The molecule has 0 radical (unpaired) electrons. The van der Waals surface area contributed by atoms with Gasteiger partial charge in [0.2, 0.25) is 0 Å². The minimum absolute atomic E-state index is 0.0588. The lowest BCUT2D eigenvalue weighted by Crippen LogP contribution is -2.46. The number of hydrogen-bond acceptors (Lipinski definition) is 4. The average Bonchev–Trinajstić information content (AvgIpc) is 2.88. The molecule has 0 aliphatic carbocycles. The van der Waals surface area contributed by atoms with Gasteiger partial charge in [-0.1, -0.05) is 54.1 Å². The summed E-state index contributed by atoms with van der Waals surface area (Å²) in [6.45, 7) is 6.20. The third-order valence-corrected chi connectivity index (χ3v) is 6.49. The van der Waals surface area contributed by atoms with Crippen molar-refractivity contribution in [1.82, 2.24) is 4.90 Å². The van der Waals surface area contributed by atoms with Crippen LogP contribution in [-0.2, 0) is 4.74 Å². The highest BCUT2D eigenvalue weighted by molar-refractivity contribution is 6.30. The van der Waals surface area contributed by atoms with E-state index < -0.39 is 0 Å². The normalized spacial score (nSPS) is 15.4. The van der Waals surface area contributed by atoms with Gasteiger partial charge >= 0.3 is 0 Å². The summed E-state index contributed by atoms with van der Waals surface area (Å²) in [6, 6.07) is 26.8. The van der Waals surface area contributed by atoms with Gasteiger partial charge in [-0.15, -0.1) is 0 Å². The Bertz CT molecular complexity index is 955. The van der Waals surface area contributed by atoms with E-state index >= 15 is 0 Å². The maximum atomic E-state index is 6.36. The minimum Gasteiger partial charge on any atom is -0.497 e. The van der Waals surface area contributed by atoms with Crippen molar-refractivity contribution >= 4 is 17.3 Å². The summed E-state index contributed by atoms with van der Waals surface area (Å²) in [4.78, 5) is 5.02. The fraction of sp³-hybridized carbons (Fsp3) is 0.357. The van der Waals surface area contributed by atoms with Gasteiger partial charge in [0, 0.05) is 43.5 Å². The van der Waals surface area contributed by atoms with Gasteiger partial charge in [-0.05, 0) is 66.9 Å². The van der Waals surface area contributed by atoms with Crippen molar-refractivity contribution in [2.75, 3.05) is 51.3 Å². The number of rotatable bonds is 10. The number of ether oxygens (including phenoxy) is 2.